The Kier molecular flexibility index (Phi) is 4.18. The van der Waals surface area contributed by atoms with Gasteiger partial charge in [0.2, 0.25) is 0 Å². The summed E-state index contributed by atoms with van der Waals surface area (Å²) in [4.78, 5) is 12.3. The fourth-order valence-corrected chi connectivity index (χ4v) is 2.89. The van der Waals surface area contributed by atoms with E-state index in [2.05, 4.69) is 0 Å². The van der Waals surface area contributed by atoms with Gasteiger partial charge in [-0.25, -0.2) is 0 Å². The molecule has 4 nitrogen and oxygen atoms in total. The van der Waals surface area contributed by atoms with E-state index in [-0.39, 0.29) is 16.8 Å². The third-order valence-electron chi connectivity index (χ3n) is 5.05. The molecule has 1 aromatic carbocycles. The monoisotopic (exact) mass is 325 g/mol. The summed E-state index contributed by atoms with van der Waals surface area (Å²) in [6.45, 7) is 10.2. The quantitative estimate of drug-likeness (QED) is 0.815. The first kappa shape index (κ1) is 17.0. The van der Waals surface area contributed by atoms with E-state index in [0.29, 0.717) is 0 Å². The van der Waals surface area contributed by atoms with Crippen molar-refractivity contribution in [1.29, 1.82) is 0 Å². The topological polar surface area (TPSA) is 40.5 Å². The molecule has 0 N–H and O–H groups in total. The second-order valence-corrected chi connectivity index (χ2v) is 7.23. The lowest BCUT2D eigenvalue weighted by atomic mass is 9.79. The first-order valence-corrected chi connectivity index (χ1v) is 8.42. The molecule has 5 heteroatoms. The zero-order valence-corrected chi connectivity index (χ0v) is 15.0. The number of hydrogen-bond acceptors (Lipinski definition) is 3. The van der Waals surface area contributed by atoms with Crippen molar-refractivity contribution >= 4 is 12.6 Å². The van der Waals surface area contributed by atoms with Crippen molar-refractivity contribution in [3.63, 3.8) is 0 Å². The van der Waals surface area contributed by atoms with Gasteiger partial charge in [-0.3, -0.25) is 9.36 Å². The minimum absolute atomic E-state index is 0.0274. The van der Waals surface area contributed by atoms with Gasteiger partial charge in [-0.15, -0.1) is 0 Å². The van der Waals surface area contributed by atoms with Gasteiger partial charge >= 0.3 is 7.12 Å². The summed E-state index contributed by atoms with van der Waals surface area (Å²) in [5, 5.41) is 0. The Morgan fingerprint density at radius 3 is 2.25 bits per heavy atom. The highest BCUT2D eigenvalue weighted by molar-refractivity contribution is 6.62. The van der Waals surface area contributed by atoms with Crippen molar-refractivity contribution in [2.75, 3.05) is 0 Å². The van der Waals surface area contributed by atoms with Crippen LogP contribution in [0, 0.1) is 0 Å². The zero-order valence-electron chi connectivity index (χ0n) is 15.0. The van der Waals surface area contributed by atoms with Crippen LogP contribution in [0.3, 0.4) is 0 Å². The molecule has 1 aliphatic rings. The lowest BCUT2D eigenvalue weighted by Gasteiger charge is -2.32. The molecule has 0 bridgehead atoms. The Morgan fingerprint density at radius 2 is 1.62 bits per heavy atom. The van der Waals surface area contributed by atoms with Crippen LogP contribution in [-0.4, -0.2) is 22.9 Å². The minimum atomic E-state index is -0.431. The second kappa shape index (κ2) is 5.90. The molecule has 1 saturated heterocycles. The molecule has 1 aromatic heterocycles. The van der Waals surface area contributed by atoms with Crippen molar-refractivity contribution in [3.05, 3.63) is 58.5 Å². The number of aromatic nitrogens is 1. The lowest BCUT2D eigenvalue weighted by Crippen LogP contribution is -2.41. The van der Waals surface area contributed by atoms with Crippen LogP contribution in [0.15, 0.2) is 47.3 Å². The van der Waals surface area contributed by atoms with Gasteiger partial charge < -0.3 is 9.31 Å². The smallest absolute Gasteiger partial charge is 0.399 e. The molecule has 0 radical (unpaired) electrons. The first-order valence-electron chi connectivity index (χ1n) is 8.42. The van der Waals surface area contributed by atoms with E-state index in [1.807, 2.05) is 65.0 Å². The van der Waals surface area contributed by atoms with E-state index in [1.54, 1.807) is 16.7 Å². The van der Waals surface area contributed by atoms with Gasteiger partial charge in [0.05, 0.1) is 11.2 Å². The fraction of sp³-hybridized carbons (Fsp3) is 0.421. The fourth-order valence-electron chi connectivity index (χ4n) is 2.89. The number of nitrogens with zero attached hydrogens (tertiary/aromatic N) is 1. The van der Waals surface area contributed by atoms with Gasteiger partial charge in [-0.05, 0) is 57.8 Å². The zero-order chi connectivity index (χ0) is 17.5. The van der Waals surface area contributed by atoms with Gasteiger partial charge in [0, 0.05) is 17.4 Å². The highest BCUT2D eigenvalue weighted by Gasteiger charge is 2.51. The molecule has 2 heterocycles. The average molecular weight is 325 g/mol. The molecule has 24 heavy (non-hydrogen) atoms. The maximum atomic E-state index is 12.3. The minimum Gasteiger partial charge on any atom is -0.399 e. The summed E-state index contributed by atoms with van der Waals surface area (Å²) >= 11 is 0. The molecule has 0 aliphatic carbocycles. The van der Waals surface area contributed by atoms with E-state index in [9.17, 15) is 4.79 Å². The molecular weight excluding hydrogens is 301 g/mol. The van der Waals surface area contributed by atoms with E-state index >= 15 is 0 Å². The predicted octanol–water partition coefficient (Wildman–Crippen LogP) is 2.70. The Morgan fingerprint density at radius 1 is 1.00 bits per heavy atom. The molecule has 1 aliphatic heterocycles. The number of pyridine rings is 1. The predicted molar refractivity (Wildman–Crippen MR) is 97.1 cm³/mol. The van der Waals surface area contributed by atoms with Crippen molar-refractivity contribution in [1.82, 2.24) is 4.57 Å². The number of benzene rings is 1. The van der Waals surface area contributed by atoms with Crippen LogP contribution in [-0.2, 0) is 15.7 Å². The van der Waals surface area contributed by atoms with Crippen LogP contribution in [0.2, 0.25) is 0 Å². The maximum absolute atomic E-state index is 12.3. The van der Waals surface area contributed by atoms with Crippen LogP contribution >= 0.6 is 0 Å². The molecular formula is C19H24BNO3. The van der Waals surface area contributed by atoms with Crippen LogP contribution in [0.25, 0.3) is 5.69 Å². The van der Waals surface area contributed by atoms with Crippen molar-refractivity contribution in [2.45, 2.75) is 52.2 Å². The van der Waals surface area contributed by atoms with Crippen molar-refractivity contribution < 1.29 is 9.31 Å². The Bertz CT molecular complexity index is 794. The molecule has 3 rings (SSSR count). The number of aryl methyl sites for hydroxylation is 1. The molecule has 126 valence electrons. The number of hydrogen-bond donors (Lipinski definition) is 0. The summed E-state index contributed by atoms with van der Waals surface area (Å²) in [7, 11) is -0.431. The average Bonchev–Trinajstić information content (AvgIpc) is 2.75. The molecule has 0 unspecified atom stereocenters. The normalized spacial score (nSPS) is 18.8. The SMILES string of the molecule is CCc1cccc(=O)n1-c1cccc(B2OC(C)(C)C(C)(C)O2)c1. The van der Waals surface area contributed by atoms with Gasteiger partial charge in [-0.2, -0.15) is 0 Å². The second-order valence-electron chi connectivity index (χ2n) is 7.23. The van der Waals surface area contributed by atoms with Gasteiger partial charge in [0.25, 0.3) is 5.56 Å². The van der Waals surface area contributed by atoms with Crippen LogP contribution in [0.4, 0.5) is 0 Å². The lowest BCUT2D eigenvalue weighted by molar-refractivity contribution is 0.00578. The summed E-state index contributed by atoms with van der Waals surface area (Å²) in [5.74, 6) is 0. The third kappa shape index (κ3) is 2.83. The van der Waals surface area contributed by atoms with Crippen molar-refractivity contribution in [3.8, 4) is 5.69 Å². The third-order valence-corrected chi connectivity index (χ3v) is 5.05. The maximum Gasteiger partial charge on any atom is 0.494 e. The molecule has 0 saturated carbocycles. The molecule has 2 aromatic rings. The van der Waals surface area contributed by atoms with Crippen LogP contribution < -0.4 is 11.0 Å². The highest BCUT2D eigenvalue weighted by Crippen LogP contribution is 2.36. The van der Waals surface area contributed by atoms with Crippen LogP contribution in [0.1, 0.15) is 40.3 Å². The van der Waals surface area contributed by atoms with E-state index in [4.69, 9.17) is 9.31 Å². The molecule has 0 amide bonds. The Labute approximate surface area is 143 Å². The standard InChI is InChI=1S/C19H24BNO3/c1-6-15-10-8-12-17(22)21(15)16-11-7-9-14(13-16)20-23-18(2,3)19(4,5)24-20/h7-13H,6H2,1-5H3. The van der Waals surface area contributed by atoms with E-state index < -0.39 is 7.12 Å². The molecule has 0 spiro atoms. The Balaban J connectivity index is 2.02. The highest BCUT2D eigenvalue weighted by atomic mass is 16.7. The van der Waals surface area contributed by atoms with E-state index in [0.717, 1.165) is 23.3 Å². The Hall–Kier alpha value is -1.85. The van der Waals surface area contributed by atoms with Crippen molar-refractivity contribution in [2.24, 2.45) is 0 Å². The van der Waals surface area contributed by atoms with E-state index in [1.165, 1.54) is 0 Å². The van der Waals surface area contributed by atoms with Gasteiger partial charge in [0.1, 0.15) is 0 Å². The summed E-state index contributed by atoms with van der Waals surface area (Å²) in [5.41, 5.74) is 1.94. The summed E-state index contributed by atoms with van der Waals surface area (Å²) in [6, 6.07) is 13.2. The molecule has 0 atom stereocenters. The number of rotatable bonds is 3. The van der Waals surface area contributed by atoms with Gasteiger partial charge in [0.15, 0.2) is 0 Å². The molecule has 1 fully saturated rings. The van der Waals surface area contributed by atoms with Gasteiger partial charge in [-0.1, -0.05) is 25.1 Å². The summed E-state index contributed by atoms with van der Waals surface area (Å²) in [6.07, 6.45) is 0.788. The summed E-state index contributed by atoms with van der Waals surface area (Å²) < 4.78 is 14.0. The van der Waals surface area contributed by atoms with Crippen LogP contribution in [0.5, 0.6) is 0 Å². The first-order chi connectivity index (χ1) is 11.2. The largest absolute Gasteiger partial charge is 0.494 e.